The molecular weight excluding hydrogens is 414 g/mol. The summed E-state index contributed by atoms with van der Waals surface area (Å²) in [6, 6.07) is 17.1. The van der Waals surface area contributed by atoms with Crippen molar-refractivity contribution in [3.63, 3.8) is 0 Å². The maximum atomic E-state index is 13.2. The summed E-state index contributed by atoms with van der Waals surface area (Å²) in [7, 11) is 0. The highest BCUT2D eigenvalue weighted by atomic mass is 16.3. The number of furan rings is 1. The Hall–Kier alpha value is -4.57. The van der Waals surface area contributed by atoms with Crippen LogP contribution < -0.4 is 11.1 Å². The first-order valence-corrected chi connectivity index (χ1v) is 10.5. The number of hydrogen-bond donors (Lipinski definition) is 2. The van der Waals surface area contributed by atoms with E-state index < -0.39 is 6.04 Å². The van der Waals surface area contributed by atoms with E-state index in [-0.39, 0.29) is 17.3 Å². The van der Waals surface area contributed by atoms with Crippen LogP contribution in [0.25, 0.3) is 27.7 Å². The Kier molecular flexibility index (Phi) is 5.04. The van der Waals surface area contributed by atoms with Gasteiger partial charge in [0.05, 0.1) is 6.04 Å². The van der Waals surface area contributed by atoms with E-state index in [9.17, 15) is 4.79 Å². The molecule has 5 aromatic rings. The highest BCUT2D eigenvalue weighted by molar-refractivity contribution is 6.04. The molecule has 0 spiro atoms. The number of rotatable bonds is 4. The quantitative estimate of drug-likeness (QED) is 0.403. The SMILES string of the molecule is CC#Cc1ccc2oc(C(C)NC(=O)c3c(N)nn4cccnc34)c(-c3ccccc3)c2c1. The number of nitrogen functional groups attached to an aromatic ring is 1. The van der Waals surface area contributed by atoms with Crippen molar-refractivity contribution >= 4 is 28.3 Å². The molecule has 0 bridgehead atoms. The number of carbonyl (C=O) groups excluding carboxylic acids is 1. The lowest BCUT2D eigenvalue weighted by atomic mass is 9.98. The number of benzene rings is 2. The summed E-state index contributed by atoms with van der Waals surface area (Å²) in [5, 5.41) is 8.12. The van der Waals surface area contributed by atoms with Gasteiger partial charge in [-0.25, -0.2) is 9.50 Å². The number of hydrogen-bond acceptors (Lipinski definition) is 5. The molecule has 0 saturated heterocycles. The lowest BCUT2D eigenvalue weighted by molar-refractivity contribution is 0.0938. The fraction of sp³-hybridized carbons (Fsp3) is 0.115. The Morgan fingerprint density at radius 3 is 2.79 bits per heavy atom. The van der Waals surface area contributed by atoms with Gasteiger partial charge < -0.3 is 15.5 Å². The van der Waals surface area contributed by atoms with Crippen LogP contribution in [0.5, 0.6) is 0 Å². The molecule has 0 aliphatic carbocycles. The van der Waals surface area contributed by atoms with Gasteiger partial charge in [0.25, 0.3) is 5.91 Å². The molecule has 5 rings (SSSR count). The van der Waals surface area contributed by atoms with Crippen LogP contribution in [-0.4, -0.2) is 20.5 Å². The minimum Gasteiger partial charge on any atom is -0.458 e. The summed E-state index contributed by atoms with van der Waals surface area (Å²) in [6.07, 6.45) is 3.29. The number of nitrogens with zero attached hydrogens (tertiary/aromatic N) is 3. The van der Waals surface area contributed by atoms with Gasteiger partial charge in [0, 0.05) is 28.9 Å². The largest absolute Gasteiger partial charge is 0.458 e. The Bertz CT molecular complexity index is 1550. The second-order valence-electron chi connectivity index (χ2n) is 7.64. The number of nitrogens with two attached hydrogens (primary N) is 1. The molecule has 3 aromatic heterocycles. The molecule has 3 N–H and O–H groups in total. The van der Waals surface area contributed by atoms with Crippen LogP contribution in [0, 0.1) is 11.8 Å². The van der Waals surface area contributed by atoms with E-state index >= 15 is 0 Å². The van der Waals surface area contributed by atoms with Crippen LogP contribution in [0.1, 0.15) is 41.6 Å². The van der Waals surface area contributed by atoms with Gasteiger partial charge in [-0.05, 0) is 43.7 Å². The van der Waals surface area contributed by atoms with Crippen molar-refractivity contribution in [1.82, 2.24) is 19.9 Å². The van der Waals surface area contributed by atoms with Crippen molar-refractivity contribution in [2.45, 2.75) is 19.9 Å². The molecule has 0 radical (unpaired) electrons. The Morgan fingerprint density at radius 1 is 1.18 bits per heavy atom. The van der Waals surface area contributed by atoms with Gasteiger partial charge >= 0.3 is 0 Å². The topological polar surface area (TPSA) is 98.5 Å². The summed E-state index contributed by atoms with van der Waals surface area (Å²) in [6.45, 7) is 3.69. The first-order chi connectivity index (χ1) is 16.1. The van der Waals surface area contributed by atoms with Crippen molar-refractivity contribution in [2.24, 2.45) is 0 Å². The van der Waals surface area contributed by atoms with Crippen molar-refractivity contribution in [3.8, 4) is 23.0 Å². The van der Waals surface area contributed by atoms with Gasteiger partial charge in [-0.2, -0.15) is 0 Å². The monoisotopic (exact) mass is 435 g/mol. The number of aromatic nitrogens is 3. The molecule has 0 aliphatic rings. The molecule has 0 fully saturated rings. The van der Waals surface area contributed by atoms with Crippen LogP contribution in [-0.2, 0) is 0 Å². The Balaban J connectivity index is 1.59. The number of carbonyl (C=O) groups is 1. The number of fused-ring (bicyclic) bond motifs is 2. The molecule has 7 heteroatoms. The third-order valence-corrected chi connectivity index (χ3v) is 5.44. The molecule has 2 aromatic carbocycles. The maximum Gasteiger partial charge on any atom is 0.259 e. The van der Waals surface area contributed by atoms with Gasteiger partial charge in [-0.1, -0.05) is 36.3 Å². The van der Waals surface area contributed by atoms with Crippen molar-refractivity contribution in [2.75, 3.05) is 5.73 Å². The standard InChI is InChI=1S/C26H21N5O2/c1-3-8-17-11-12-20-19(15-17)21(18-9-5-4-6-10-18)23(33-20)16(2)29-26(32)22-24(27)30-31-14-7-13-28-25(22)31/h4-7,9-16H,1-2H3,(H2,27,30)(H,29,32). The molecule has 1 atom stereocenters. The summed E-state index contributed by atoms with van der Waals surface area (Å²) < 4.78 is 7.74. The fourth-order valence-electron chi connectivity index (χ4n) is 4.00. The minimum absolute atomic E-state index is 0.120. The van der Waals surface area contributed by atoms with Crippen LogP contribution in [0.2, 0.25) is 0 Å². The summed E-state index contributed by atoms with van der Waals surface area (Å²) >= 11 is 0. The molecule has 33 heavy (non-hydrogen) atoms. The zero-order valence-electron chi connectivity index (χ0n) is 18.2. The van der Waals surface area contributed by atoms with Gasteiger partial charge in [-0.3, -0.25) is 4.79 Å². The first kappa shape index (κ1) is 20.3. The molecule has 3 heterocycles. The van der Waals surface area contributed by atoms with Crippen LogP contribution in [0.15, 0.2) is 71.4 Å². The minimum atomic E-state index is -0.445. The van der Waals surface area contributed by atoms with E-state index in [0.29, 0.717) is 11.4 Å². The van der Waals surface area contributed by atoms with Crippen LogP contribution in [0.3, 0.4) is 0 Å². The van der Waals surface area contributed by atoms with Gasteiger partial charge in [-0.15, -0.1) is 11.0 Å². The van der Waals surface area contributed by atoms with Gasteiger partial charge in [0.15, 0.2) is 11.5 Å². The third kappa shape index (κ3) is 3.58. The molecule has 162 valence electrons. The highest BCUT2D eigenvalue weighted by Gasteiger charge is 2.25. The van der Waals surface area contributed by atoms with E-state index in [1.807, 2.05) is 62.4 Å². The fourth-order valence-corrected chi connectivity index (χ4v) is 4.00. The van der Waals surface area contributed by atoms with Crippen molar-refractivity contribution < 1.29 is 9.21 Å². The van der Waals surface area contributed by atoms with E-state index in [2.05, 4.69) is 27.2 Å². The van der Waals surface area contributed by atoms with Gasteiger partial charge in [0.1, 0.15) is 16.9 Å². The summed E-state index contributed by atoms with van der Waals surface area (Å²) in [5.74, 6) is 6.43. The molecule has 1 unspecified atom stereocenters. The predicted octanol–water partition coefficient (Wildman–Crippen LogP) is 4.59. The van der Waals surface area contributed by atoms with E-state index in [1.165, 1.54) is 4.52 Å². The second-order valence-corrected chi connectivity index (χ2v) is 7.64. The average Bonchev–Trinajstić information content (AvgIpc) is 3.36. The lowest BCUT2D eigenvalue weighted by Crippen LogP contribution is -2.27. The van der Waals surface area contributed by atoms with E-state index in [0.717, 1.165) is 27.7 Å². The average molecular weight is 435 g/mol. The van der Waals surface area contributed by atoms with Gasteiger partial charge in [0.2, 0.25) is 0 Å². The normalized spacial score (nSPS) is 11.8. The highest BCUT2D eigenvalue weighted by Crippen LogP contribution is 2.38. The zero-order chi connectivity index (χ0) is 22.9. The summed E-state index contributed by atoms with van der Waals surface area (Å²) in [5.41, 5.74) is 10.2. The second kappa shape index (κ2) is 8.17. The molecule has 0 saturated carbocycles. The smallest absolute Gasteiger partial charge is 0.259 e. The molecule has 0 aliphatic heterocycles. The first-order valence-electron chi connectivity index (χ1n) is 10.5. The Labute approximate surface area is 190 Å². The Morgan fingerprint density at radius 2 is 2.00 bits per heavy atom. The van der Waals surface area contributed by atoms with Crippen molar-refractivity contribution in [3.05, 3.63) is 83.9 Å². The lowest BCUT2D eigenvalue weighted by Gasteiger charge is -2.14. The molecular formula is C26H21N5O2. The van der Waals surface area contributed by atoms with Crippen molar-refractivity contribution in [1.29, 1.82) is 0 Å². The number of amides is 1. The molecule has 7 nitrogen and oxygen atoms in total. The summed E-state index contributed by atoms with van der Waals surface area (Å²) in [4.78, 5) is 17.4. The van der Waals surface area contributed by atoms with Crippen LogP contribution in [0.4, 0.5) is 5.82 Å². The number of anilines is 1. The van der Waals surface area contributed by atoms with E-state index in [4.69, 9.17) is 10.2 Å². The van der Waals surface area contributed by atoms with E-state index in [1.54, 1.807) is 18.5 Å². The zero-order valence-corrected chi connectivity index (χ0v) is 18.2. The number of nitrogens with one attached hydrogen (secondary N) is 1. The van der Waals surface area contributed by atoms with Crippen LogP contribution >= 0.6 is 0 Å². The molecule has 1 amide bonds. The maximum absolute atomic E-state index is 13.2. The predicted molar refractivity (Wildman–Crippen MR) is 127 cm³/mol. The third-order valence-electron chi connectivity index (χ3n) is 5.44.